The molecule has 0 bridgehead atoms. The number of hydrogen-bond donors (Lipinski definition) is 0. The Balaban J connectivity index is 0.00000161. The second-order valence-electron chi connectivity index (χ2n) is 6.38. The first kappa shape index (κ1) is 16.8. The molecule has 1 aliphatic carbocycles. The zero-order valence-corrected chi connectivity index (χ0v) is 15.0. The molecular weight excluding hydrogens is 326 g/mol. The van der Waals surface area contributed by atoms with Crippen molar-refractivity contribution in [1.29, 1.82) is 0 Å². The van der Waals surface area contributed by atoms with Gasteiger partial charge in [-0.2, -0.15) is 0 Å². The summed E-state index contributed by atoms with van der Waals surface area (Å²) in [4.78, 5) is 2.56. The van der Waals surface area contributed by atoms with Crippen LogP contribution in [-0.2, 0) is 6.42 Å². The van der Waals surface area contributed by atoms with Crippen LogP contribution in [0.1, 0.15) is 45.1 Å². The van der Waals surface area contributed by atoms with Crippen molar-refractivity contribution in [3.8, 4) is 5.75 Å². The number of hydrogen-bond acceptors (Lipinski definition) is 2. The van der Waals surface area contributed by atoms with E-state index in [4.69, 9.17) is 4.74 Å². The lowest BCUT2D eigenvalue weighted by Crippen LogP contribution is -2.49. The molecule has 3 heteroatoms. The van der Waals surface area contributed by atoms with Crippen LogP contribution in [0.2, 0.25) is 0 Å². The molecule has 1 saturated carbocycles. The van der Waals surface area contributed by atoms with Crippen LogP contribution in [0.15, 0.2) is 24.3 Å². The molecule has 0 amide bonds. The highest BCUT2D eigenvalue weighted by Crippen LogP contribution is 2.46. The zero-order valence-electron chi connectivity index (χ0n) is 13.3. The zero-order chi connectivity index (χ0) is 14.0. The van der Waals surface area contributed by atoms with Crippen LogP contribution in [0.3, 0.4) is 0 Å². The van der Waals surface area contributed by atoms with Gasteiger partial charge in [0.05, 0.1) is 0 Å². The summed E-state index contributed by atoms with van der Waals surface area (Å²) in [6, 6.07) is 8.63. The summed E-state index contributed by atoms with van der Waals surface area (Å²) in [6.07, 6.45) is 6.36. The Kier molecular flexibility index (Phi) is 5.73. The summed E-state index contributed by atoms with van der Waals surface area (Å²) >= 11 is 0. The molecule has 2 atom stereocenters. The monoisotopic (exact) mass is 353 g/mol. The predicted octanol–water partition coefficient (Wildman–Crippen LogP) is 4.47. The fourth-order valence-electron chi connectivity index (χ4n) is 4.03. The molecule has 2 aliphatic rings. The second-order valence-corrected chi connectivity index (χ2v) is 6.38. The first-order valence-electron chi connectivity index (χ1n) is 8.26. The van der Waals surface area contributed by atoms with Crippen molar-refractivity contribution in [2.45, 2.75) is 51.6 Å². The second kappa shape index (κ2) is 7.15. The molecule has 2 nitrogen and oxygen atoms in total. The summed E-state index contributed by atoms with van der Waals surface area (Å²) in [5.41, 5.74) is 1.50. The van der Waals surface area contributed by atoms with Crippen molar-refractivity contribution in [2.75, 3.05) is 19.6 Å². The molecule has 1 heterocycles. The lowest BCUT2D eigenvalue weighted by atomic mass is 9.73. The van der Waals surface area contributed by atoms with Gasteiger partial charge in [-0.1, -0.05) is 38.5 Å². The van der Waals surface area contributed by atoms with Crippen molar-refractivity contribution in [1.82, 2.24) is 4.90 Å². The summed E-state index contributed by atoms with van der Waals surface area (Å²) in [7, 11) is 0. The van der Waals surface area contributed by atoms with E-state index in [1.165, 1.54) is 37.8 Å². The first-order valence-corrected chi connectivity index (χ1v) is 8.26. The van der Waals surface area contributed by atoms with Crippen LogP contribution in [-0.4, -0.2) is 30.1 Å². The molecule has 1 spiro atoms. The van der Waals surface area contributed by atoms with Crippen molar-refractivity contribution in [3.05, 3.63) is 29.8 Å². The summed E-state index contributed by atoms with van der Waals surface area (Å²) in [6.45, 7) is 8.03. The SMILES string of the molecule is Br.CCN(CC)C[C@H]1CCCC[C@]12Cc1ccccc1O2. The van der Waals surface area contributed by atoms with Crippen LogP contribution in [0.5, 0.6) is 5.75 Å². The van der Waals surface area contributed by atoms with E-state index in [2.05, 4.69) is 43.0 Å². The average Bonchev–Trinajstić information content (AvgIpc) is 2.85. The first-order chi connectivity index (χ1) is 9.77. The molecule has 1 aromatic carbocycles. The maximum atomic E-state index is 6.51. The molecule has 0 saturated heterocycles. The Hall–Kier alpha value is -0.540. The smallest absolute Gasteiger partial charge is 0.123 e. The molecule has 3 rings (SSSR count). The molecule has 1 aliphatic heterocycles. The molecule has 118 valence electrons. The number of fused-ring (bicyclic) bond motifs is 1. The Bertz CT molecular complexity index is 433. The van der Waals surface area contributed by atoms with E-state index in [9.17, 15) is 0 Å². The summed E-state index contributed by atoms with van der Waals surface area (Å²) in [5, 5.41) is 0. The predicted molar refractivity (Wildman–Crippen MR) is 93.6 cm³/mol. The molecule has 1 fully saturated rings. The number of para-hydroxylation sites is 1. The molecule has 0 aromatic heterocycles. The lowest BCUT2D eigenvalue weighted by Gasteiger charge is -2.42. The van der Waals surface area contributed by atoms with Crippen molar-refractivity contribution >= 4 is 17.0 Å². The number of ether oxygens (including phenoxy) is 1. The number of rotatable bonds is 4. The van der Waals surface area contributed by atoms with E-state index < -0.39 is 0 Å². The van der Waals surface area contributed by atoms with Crippen LogP contribution < -0.4 is 4.74 Å². The van der Waals surface area contributed by atoms with E-state index in [0.717, 1.165) is 25.3 Å². The fraction of sp³-hybridized carbons (Fsp3) is 0.667. The highest BCUT2D eigenvalue weighted by Gasteiger charge is 2.47. The third-order valence-corrected chi connectivity index (χ3v) is 5.30. The topological polar surface area (TPSA) is 12.5 Å². The van der Waals surface area contributed by atoms with E-state index in [1.54, 1.807) is 0 Å². The van der Waals surface area contributed by atoms with Gasteiger partial charge in [-0.3, -0.25) is 0 Å². The van der Waals surface area contributed by atoms with Crippen molar-refractivity contribution < 1.29 is 4.74 Å². The van der Waals surface area contributed by atoms with Crippen LogP contribution in [0.25, 0.3) is 0 Å². The van der Waals surface area contributed by atoms with E-state index in [-0.39, 0.29) is 22.6 Å². The van der Waals surface area contributed by atoms with Gasteiger partial charge in [0.1, 0.15) is 11.4 Å². The summed E-state index contributed by atoms with van der Waals surface area (Å²) < 4.78 is 6.51. The highest BCUT2D eigenvalue weighted by atomic mass is 79.9. The third kappa shape index (κ3) is 3.29. The Labute approximate surface area is 139 Å². The van der Waals surface area contributed by atoms with Crippen LogP contribution >= 0.6 is 17.0 Å². The maximum absolute atomic E-state index is 6.51. The van der Waals surface area contributed by atoms with E-state index in [0.29, 0.717) is 5.92 Å². The fourth-order valence-corrected chi connectivity index (χ4v) is 4.03. The normalized spacial score (nSPS) is 27.3. The lowest BCUT2D eigenvalue weighted by molar-refractivity contribution is -0.0192. The van der Waals surface area contributed by atoms with Gasteiger partial charge >= 0.3 is 0 Å². The molecule has 0 radical (unpaired) electrons. The van der Waals surface area contributed by atoms with E-state index in [1.807, 2.05) is 0 Å². The Morgan fingerprint density at radius 2 is 1.95 bits per heavy atom. The number of nitrogens with zero attached hydrogens (tertiary/aromatic N) is 1. The minimum absolute atomic E-state index is 0. The van der Waals surface area contributed by atoms with Gasteiger partial charge in [0, 0.05) is 18.9 Å². The number of benzene rings is 1. The molecular formula is C18H28BrNO. The Morgan fingerprint density at radius 3 is 2.67 bits per heavy atom. The van der Waals surface area contributed by atoms with Gasteiger partial charge < -0.3 is 9.64 Å². The maximum Gasteiger partial charge on any atom is 0.123 e. The minimum Gasteiger partial charge on any atom is -0.486 e. The Morgan fingerprint density at radius 1 is 1.19 bits per heavy atom. The average molecular weight is 354 g/mol. The van der Waals surface area contributed by atoms with Gasteiger partial charge in [0.15, 0.2) is 0 Å². The van der Waals surface area contributed by atoms with Crippen LogP contribution in [0.4, 0.5) is 0 Å². The molecule has 21 heavy (non-hydrogen) atoms. The van der Waals surface area contributed by atoms with Gasteiger partial charge in [0.25, 0.3) is 0 Å². The quantitative estimate of drug-likeness (QED) is 0.791. The van der Waals surface area contributed by atoms with Gasteiger partial charge in [-0.15, -0.1) is 17.0 Å². The molecule has 0 unspecified atom stereocenters. The standard InChI is InChI=1S/C18H27NO.BrH/c1-3-19(4-2)14-16-10-7-8-12-18(16)13-15-9-5-6-11-17(15)20-18;/h5-6,9,11,16H,3-4,7-8,10,12-14H2,1-2H3;1H/t16-,18+;/m1./s1. The number of halogens is 1. The minimum atomic E-state index is 0. The van der Waals surface area contributed by atoms with Gasteiger partial charge in [-0.25, -0.2) is 0 Å². The van der Waals surface area contributed by atoms with E-state index >= 15 is 0 Å². The molecule has 1 aromatic rings. The van der Waals surface area contributed by atoms with Crippen molar-refractivity contribution in [2.24, 2.45) is 5.92 Å². The molecule has 0 N–H and O–H groups in total. The largest absolute Gasteiger partial charge is 0.486 e. The summed E-state index contributed by atoms with van der Waals surface area (Å²) in [5.74, 6) is 1.82. The third-order valence-electron chi connectivity index (χ3n) is 5.30. The van der Waals surface area contributed by atoms with Gasteiger partial charge in [-0.05, 0) is 44.0 Å². The van der Waals surface area contributed by atoms with Crippen molar-refractivity contribution in [3.63, 3.8) is 0 Å². The van der Waals surface area contributed by atoms with Crippen LogP contribution in [0, 0.1) is 5.92 Å². The van der Waals surface area contributed by atoms with Gasteiger partial charge in [0.2, 0.25) is 0 Å². The highest BCUT2D eigenvalue weighted by molar-refractivity contribution is 8.93.